The maximum Gasteiger partial charge on any atom is 0.195 e. The maximum absolute atomic E-state index is 8.75. The van der Waals surface area contributed by atoms with Crippen molar-refractivity contribution in [3.63, 3.8) is 0 Å². The average molecular weight is 311 g/mol. The van der Waals surface area contributed by atoms with Crippen molar-refractivity contribution in [3.8, 4) is 5.75 Å². The first-order valence-electron chi connectivity index (χ1n) is 7.80. The van der Waals surface area contributed by atoms with Crippen molar-refractivity contribution in [1.82, 2.24) is 5.32 Å². The Labute approximate surface area is 136 Å². The van der Waals surface area contributed by atoms with Gasteiger partial charge < -0.3 is 20.5 Å². The molecule has 1 heterocycles. The van der Waals surface area contributed by atoms with Crippen molar-refractivity contribution in [2.75, 3.05) is 31.6 Å². The lowest BCUT2D eigenvalue weighted by molar-refractivity contribution is 0.201. The Balaban J connectivity index is 1.57. The first-order valence-corrected chi connectivity index (χ1v) is 7.80. The van der Waals surface area contributed by atoms with Crippen LogP contribution in [0.2, 0.25) is 0 Å². The first kappa shape index (κ1) is 15.4. The SMILES string of the molecule is OCCOc1ccc(Cc2ccc(NC3=NCCN3)cc2)cc1. The van der Waals surface area contributed by atoms with E-state index in [0.717, 1.165) is 36.9 Å². The number of aliphatic imine (C=N–C) groups is 1. The molecule has 3 rings (SSSR count). The van der Waals surface area contributed by atoms with Gasteiger partial charge in [-0.15, -0.1) is 0 Å². The second kappa shape index (κ2) is 7.65. The molecule has 0 saturated carbocycles. The molecule has 1 aliphatic rings. The normalized spacial score (nSPS) is 13.3. The van der Waals surface area contributed by atoms with Crippen LogP contribution in [-0.4, -0.2) is 37.4 Å². The summed E-state index contributed by atoms with van der Waals surface area (Å²) in [6.07, 6.45) is 0.875. The van der Waals surface area contributed by atoms with Crippen molar-refractivity contribution >= 4 is 11.6 Å². The quantitative estimate of drug-likeness (QED) is 0.763. The molecule has 0 aromatic heterocycles. The van der Waals surface area contributed by atoms with Crippen molar-refractivity contribution < 1.29 is 9.84 Å². The van der Waals surface area contributed by atoms with E-state index in [9.17, 15) is 0 Å². The molecule has 23 heavy (non-hydrogen) atoms. The Morgan fingerprint density at radius 2 is 1.74 bits per heavy atom. The van der Waals surface area contributed by atoms with Crippen LogP contribution in [0.1, 0.15) is 11.1 Å². The molecule has 5 heteroatoms. The highest BCUT2D eigenvalue weighted by molar-refractivity contribution is 5.94. The zero-order valence-electron chi connectivity index (χ0n) is 13.0. The minimum atomic E-state index is 0.0318. The van der Waals surface area contributed by atoms with E-state index in [1.165, 1.54) is 11.1 Å². The molecule has 3 N–H and O–H groups in total. The molecule has 120 valence electrons. The number of ether oxygens (including phenoxy) is 1. The van der Waals surface area contributed by atoms with Gasteiger partial charge in [-0.3, -0.25) is 4.99 Å². The summed E-state index contributed by atoms with van der Waals surface area (Å²) < 4.78 is 5.36. The van der Waals surface area contributed by atoms with Gasteiger partial charge in [-0.25, -0.2) is 0 Å². The molecule has 0 aliphatic carbocycles. The fraction of sp³-hybridized carbons (Fsp3) is 0.278. The van der Waals surface area contributed by atoms with E-state index in [2.05, 4.69) is 52.0 Å². The van der Waals surface area contributed by atoms with Crippen LogP contribution in [-0.2, 0) is 6.42 Å². The zero-order chi connectivity index (χ0) is 15.9. The van der Waals surface area contributed by atoms with Gasteiger partial charge in [0.1, 0.15) is 12.4 Å². The van der Waals surface area contributed by atoms with E-state index in [0.29, 0.717) is 6.61 Å². The van der Waals surface area contributed by atoms with Gasteiger partial charge in [0.25, 0.3) is 0 Å². The summed E-state index contributed by atoms with van der Waals surface area (Å²) >= 11 is 0. The van der Waals surface area contributed by atoms with Gasteiger partial charge in [-0.1, -0.05) is 24.3 Å². The van der Waals surface area contributed by atoms with Crippen LogP contribution in [0.3, 0.4) is 0 Å². The van der Waals surface area contributed by atoms with Crippen LogP contribution in [0, 0.1) is 0 Å². The van der Waals surface area contributed by atoms with Crippen LogP contribution >= 0.6 is 0 Å². The first-order chi connectivity index (χ1) is 11.3. The van der Waals surface area contributed by atoms with E-state index >= 15 is 0 Å². The molecule has 0 atom stereocenters. The number of hydrogen-bond acceptors (Lipinski definition) is 5. The van der Waals surface area contributed by atoms with Crippen LogP contribution in [0.15, 0.2) is 53.5 Å². The van der Waals surface area contributed by atoms with E-state index in [1.54, 1.807) is 0 Å². The second-order valence-electron chi connectivity index (χ2n) is 5.37. The Bertz CT molecular complexity index is 651. The molecule has 0 unspecified atom stereocenters. The minimum Gasteiger partial charge on any atom is -0.491 e. The molecule has 5 nitrogen and oxygen atoms in total. The van der Waals surface area contributed by atoms with E-state index < -0.39 is 0 Å². The van der Waals surface area contributed by atoms with Gasteiger partial charge in [0.05, 0.1) is 13.2 Å². The number of hydrogen-bond donors (Lipinski definition) is 3. The molecular weight excluding hydrogens is 290 g/mol. The predicted octanol–water partition coefficient (Wildman–Crippen LogP) is 2.02. The molecule has 1 aliphatic heterocycles. The van der Waals surface area contributed by atoms with Crippen molar-refractivity contribution in [1.29, 1.82) is 0 Å². The lowest BCUT2D eigenvalue weighted by Crippen LogP contribution is -2.26. The van der Waals surface area contributed by atoms with Crippen LogP contribution in [0.4, 0.5) is 5.69 Å². The number of aliphatic hydroxyl groups is 1. The summed E-state index contributed by atoms with van der Waals surface area (Å²) in [6.45, 7) is 2.09. The second-order valence-corrected chi connectivity index (χ2v) is 5.37. The number of aliphatic hydroxyl groups excluding tert-OH is 1. The molecule has 0 spiro atoms. The molecule has 0 fully saturated rings. The zero-order valence-corrected chi connectivity index (χ0v) is 13.0. The molecule has 2 aromatic carbocycles. The van der Waals surface area contributed by atoms with Crippen LogP contribution in [0.25, 0.3) is 0 Å². The summed E-state index contributed by atoms with van der Waals surface area (Å²) in [5, 5.41) is 15.2. The third kappa shape index (κ3) is 4.47. The summed E-state index contributed by atoms with van der Waals surface area (Å²) in [5.74, 6) is 1.63. The Morgan fingerprint density at radius 3 is 2.35 bits per heavy atom. The number of nitrogens with zero attached hydrogens (tertiary/aromatic N) is 1. The monoisotopic (exact) mass is 311 g/mol. The smallest absolute Gasteiger partial charge is 0.195 e. The summed E-state index contributed by atoms with van der Waals surface area (Å²) in [7, 11) is 0. The highest BCUT2D eigenvalue weighted by atomic mass is 16.5. The molecule has 0 saturated heterocycles. The van der Waals surface area contributed by atoms with Crippen molar-refractivity contribution in [2.45, 2.75) is 6.42 Å². The number of nitrogens with one attached hydrogen (secondary N) is 2. The molecule has 2 aromatic rings. The van der Waals surface area contributed by atoms with E-state index in [4.69, 9.17) is 9.84 Å². The van der Waals surface area contributed by atoms with Crippen LogP contribution < -0.4 is 15.4 Å². The van der Waals surface area contributed by atoms with Gasteiger partial charge in [0, 0.05) is 12.2 Å². The fourth-order valence-corrected chi connectivity index (χ4v) is 2.43. The predicted molar refractivity (Wildman–Crippen MR) is 92.2 cm³/mol. The molecule has 0 amide bonds. The van der Waals surface area contributed by atoms with Crippen molar-refractivity contribution in [2.24, 2.45) is 4.99 Å². The number of anilines is 1. The lowest BCUT2D eigenvalue weighted by atomic mass is 10.0. The minimum absolute atomic E-state index is 0.0318. The van der Waals surface area contributed by atoms with Gasteiger partial charge in [0.15, 0.2) is 5.96 Å². The Hall–Kier alpha value is -2.53. The summed E-state index contributed by atoms with van der Waals surface area (Å²) in [4.78, 5) is 4.32. The van der Waals surface area contributed by atoms with Crippen LogP contribution in [0.5, 0.6) is 5.75 Å². The van der Waals surface area contributed by atoms with Gasteiger partial charge in [-0.2, -0.15) is 0 Å². The highest BCUT2D eigenvalue weighted by Gasteiger charge is 2.04. The van der Waals surface area contributed by atoms with Gasteiger partial charge in [0.2, 0.25) is 0 Å². The average Bonchev–Trinajstić information content (AvgIpc) is 3.09. The lowest BCUT2D eigenvalue weighted by Gasteiger charge is -2.08. The highest BCUT2D eigenvalue weighted by Crippen LogP contribution is 2.17. The molecular formula is C18H21N3O2. The topological polar surface area (TPSA) is 65.9 Å². The van der Waals surface area contributed by atoms with E-state index in [1.807, 2.05) is 12.1 Å². The Kier molecular flexibility index (Phi) is 5.11. The number of guanidine groups is 1. The Morgan fingerprint density at radius 1 is 1.04 bits per heavy atom. The maximum atomic E-state index is 8.75. The summed E-state index contributed by atoms with van der Waals surface area (Å²) in [6, 6.07) is 16.3. The standard InChI is InChI=1S/C18H21N3O2/c22-11-12-23-17-7-3-15(4-8-17)13-14-1-5-16(6-2-14)21-18-19-9-10-20-18/h1-8,22H,9-13H2,(H2,19,20,21). The number of rotatable bonds is 6. The largest absolute Gasteiger partial charge is 0.491 e. The fourth-order valence-electron chi connectivity index (χ4n) is 2.43. The van der Waals surface area contributed by atoms with Gasteiger partial charge in [-0.05, 0) is 41.8 Å². The third-order valence-corrected chi connectivity index (χ3v) is 3.58. The molecule has 0 bridgehead atoms. The number of benzene rings is 2. The molecule has 0 radical (unpaired) electrons. The van der Waals surface area contributed by atoms with E-state index in [-0.39, 0.29) is 6.61 Å². The third-order valence-electron chi connectivity index (χ3n) is 3.58. The summed E-state index contributed by atoms with van der Waals surface area (Å²) in [5.41, 5.74) is 3.51. The van der Waals surface area contributed by atoms with Crippen molar-refractivity contribution in [3.05, 3.63) is 59.7 Å². The van der Waals surface area contributed by atoms with Gasteiger partial charge >= 0.3 is 0 Å².